The smallest absolute Gasteiger partial charge is 0.241 e. The first-order valence-electron chi connectivity index (χ1n) is 6.88. The summed E-state index contributed by atoms with van der Waals surface area (Å²) < 4.78 is 27.8. The molecule has 1 aromatic carbocycles. The Hall–Kier alpha value is -1.17. The lowest BCUT2D eigenvalue weighted by Gasteiger charge is -2.15. The van der Waals surface area contributed by atoms with E-state index >= 15 is 0 Å². The SMILES string of the molecule is Cc1ccc(S(=O)(=O)NC(C)CCCCl)c2cccnc12. The summed E-state index contributed by atoms with van der Waals surface area (Å²) in [6.45, 7) is 3.76. The molecular formula is C15H19ClN2O2S. The van der Waals surface area contributed by atoms with Crippen molar-refractivity contribution in [3.05, 3.63) is 36.0 Å². The van der Waals surface area contributed by atoms with Gasteiger partial charge in [0, 0.05) is 23.5 Å². The molecule has 0 aliphatic carbocycles. The van der Waals surface area contributed by atoms with Gasteiger partial charge in [0.2, 0.25) is 10.0 Å². The van der Waals surface area contributed by atoms with E-state index in [4.69, 9.17) is 11.6 Å². The van der Waals surface area contributed by atoms with E-state index < -0.39 is 10.0 Å². The number of nitrogens with zero attached hydrogens (tertiary/aromatic N) is 1. The third-order valence-electron chi connectivity index (χ3n) is 3.35. The number of nitrogens with one attached hydrogen (secondary N) is 1. The van der Waals surface area contributed by atoms with Crippen LogP contribution in [0.25, 0.3) is 10.9 Å². The Balaban J connectivity index is 2.39. The van der Waals surface area contributed by atoms with Crippen molar-refractivity contribution in [2.24, 2.45) is 0 Å². The quantitative estimate of drug-likeness (QED) is 0.829. The van der Waals surface area contributed by atoms with Crippen molar-refractivity contribution >= 4 is 32.5 Å². The zero-order valence-electron chi connectivity index (χ0n) is 12.1. The first kappa shape index (κ1) is 16.2. The largest absolute Gasteiger partial charge is 0.256 e. The molecule has 1 unspecified atom stereocenters. The maximum atomic E-state index is 12.6. The molecule has 21 heavy (non-hydrogen) atoms. The van der Waals surface area contributed by atoms with Gasteiger partial charge in [0.15, 0.2) is 0 Å². The summed E-state index contributed by atoms with van der Waals surface area (Å²) in [6, 6.07) is 6.80. The van der Waals surface area contributed by atoms with E-state index in [0.717, 1.165) is 12.0 Å². The molecule has 2 rings (SSSR count). The normalized spacial score (nSPS) is 13.5. The average Bonchev–Trinajstić information content (AvgIpc) is 2.45. The van der Waals surface area contributed by atoms with Gasteiger partial charge < -0.3 is 0 Å². The lowest BCUT2D eigenvalue weighted by Crippen LogP contribution is -2.32. The monoisotopic (exact) mass is 326 g/mol. The fraction of sp³-hybridized carbons (Fsp3) is 0.400. The molecule has 0 bridgehead atoms. The van der Waals surface area contributed by atoms with E-state index in [0.29, 0.717) is 23.2 Å². The minimum absolute atomic E-state index is 0.151. The van der Waals surface area contributed by atoms with Crippen molar-refractivity contribution in [1.29, 1.82) is 0 Å². The molecule has 0 saturated heterocycles. The summed E-state index contributed by atoms with van der Waals surface area (Å²) in [5.41, 5.74) is 1.67. The Labute approximate surface area is 130 Å². The summed E-state index contributed by atoms with van der Waals surface area (Å²) in [4.78, 5) is 4.55. The lowest BCUT2D eigenvalue weighted by molar-refractivity contribution is 0.545. The topological polar surface area (TPSA) is 59.1 Å². The van der Waals surface area contributed by atoms with Crippen molar-refractivity contribution in [1.82, 2.24) is 9.71 Å². The number of fused-ring (bicyclic) bond motifs is 1. The van der Waals surface area contributed by atoms with Gasteiger partial charge in [-0.15, -0.1) is 11.6 Å². The summed E-state index contributed by atoms with van der Waals surface area (Å²) in [7, 11) is -3.57. The zero-order valence-corrected chi connectivity index (χ0v) is 13.7. The second-order valence-corrected chi connectivity index (χ2v) is 7.19. The number of rotatable bonds is 6. The highest BCUT2D eigenvalue weighted by Crippen LogP contribution is 2.24. The fourth-order valence-corrected chi connectivity index (χ4v) is 3.92. The third kappa shape index (κ3) is 3.73. The minimum atomic E-state index is -3.57. The number of sulfonamides is 1. The lowest BCUT2D eigenvalue weighted by atomic mass is 10.1. The Morgan fingerprint density at radius 1 is 1.33 bits per heavy atom. The van der Waals surface area contributed by atoms with Gasteiger partial charge in [0.25, 0.3) is 0 Å². The molecule has 1 aromatic heterocycles. The van der Waals surface area contributed by atoms with Gasteiger partial charge in [-0.25, -0.2) is 13.1 Å². The first-order valence-corrected chi connectivity index (χ1v) is 8.90. The number of benzene rings is 1. The highest BCUT2D eigenvalue weighted by molar-refractivity contribution is 7.89. The van der Waals surface area contributed by atoms with E-state index in [9.17, 15) is 8.42 Å². The standard InChI is InChI=1S/C15H19ClN2O2S/c1-11-7-8-14(13-6-4-10-17-15(11)13)21(19,20)18-12(2)5-3-9-16/h4,6-8,10,12,18H,3,5,9H2,1-2H3. The molecule has 0 amide bonds. The second-order valence-electron chi connectivity index (χ2n) is 5.13. The van der Waals surface area contributed by atoms with Crippen LogP contribution in [0.1, 0.15) is 25.3 Å². The molecule has 114 valence electrons. The van der Waals surface area contributed by atoms with E-state index in [1.54, 1.807) is 30.5 Å². The number of aromatic nitrogens is 1. The molecule has 1 heterocycles. The predicted octanol–water partition coefficient (Wildman–Crippen LogP) is 3.23. The van der Waals surface area contributed by atoms with Gasteiger partial charge in [0.1, 0.15) is 0 Å². The summed E-state index contributed by atoms with van der Waals surface area (Å²) in [5.74, 6) is 0.531. The van der Waals surface area contributed by atoms with Crippen molar-refractivity contribution in [3.8, 4) is 0 Å². The molecule has 0 saturated carbocycles. The Kier molecular flexibility index (Phi) is 5.19. The third-order valence-corrected chi connectivity index (χ3v) is 5.26. The molecule has 0 aliphatic rings. The molecule has 6 heteroatoms. The molecule has 4 nitrogen and oxygen atoms in total. The molecule has 0 aliphatic heterocycles. The zero-order chi connectivity index (χ0) is 15.5. The fourth-order valence-electron chi connectivity index (χ4n) is 2.29. The molecule has 1 N–H and O–H groups in total. The van der Waals surface area contributed by atoms with Crippen molar-refractivity contribution in [2.45, 2.75) is 37.6 Å². The number of pyridine rings is 1. The molecule has 0 spiro atoms. The molecule has 0 fully saturated rings. The van der Waals surface area contributed by atoms with Crippen molar-refractivity contribution in [2.75, 3.05) is 5.88 Å². The van der Waals surface area contributed by atoms with Crippen LogP contribution in [0.3, 0.4) is 0 Å². The maximum absolute atomic E-state index is 12.6. The van der Waals surface area contributed by atoms with Crippen LogP contribution in [0.2, 0.25) is 0 Å². The van der Waals surface area contributed by atoms with Crippen LogP contribution in [0.15, 0.2) is 35.4 Å². The second kappa shape index (κ2) is 6.73. The van der Waals surface area contributed by atoms with Crippen molar-refractivity contribution < 1.29 is 8.42 Å². The first-order chi connectivity index (χ1) is 9.95. The van der Waals surface area contributed by atoms with Crippen LogP contribution in [0, 0.1) is 6.92 Å². The highest BCUT2D eigenvalue weighted by atomic mass is 35.5. The van der Waals surface area contributed by atoms with E-state index in [1.165, 1.54) is 0 Å². The molecule has 1 atom stereocenters. The highest BCUT2D eigenvalue weighted by Gasteiger charge is 2.20. The Bertz CT molecular complexity index is 732. The number of hydrogen-bond donors (Lipinski definition) is 1. The van der Waals surface area contributed by atoms with Crippen LogP contribution in [0.5, 0.6) is 0 Å². The maximum Gasteiger partial charge on any atom is 0.241 e. The molecule has 2 aromatic rings. The molecular weight excluding hydrogens is 308 g/mol. The molecule has 0 radical (unpaired) electrons. The number of alkyl halides is 1. The Morgan fingerprint density at radius 3 is 2.81 bits per heavy atom. The van der Waals surface area contributed by atoms with Crippen LogP contribution < -0.4 is 4.72 Å². The van der Waals surface area contributed by atoms with Crippen LogP contribution in [-0.4, -0.2) is 25.3 Å². The summed E-state index contributed by atoms with van der Waals surface area (Å²) in [5, 5.41) is 0.648. The van der Waals surface area contributed by atoms with Gasteiger partial charge in [-0.3, -0.25) is 4.98 Å². The predicted molar refractivity (Wildman–Crippen MR) is 86.2 cm³/mol. The summed E-state index contributed by atoms with van der Waals surface area (Å²) >= 11 is 5.64. The van der Waals surface area contributed by atoms with Crippen molar-refractivity contribution in [3.63, 3.8) is 0 Å². The van der Waals surface area contributed by atoms with E-state index in [-0.39, 0.29) is 10.9 Å². The van der Waals surface area contributed by atoms with Crippen LogP contribution >= 0.6 is 11.6 Å². The van der Waals surface area contributed by atoms with Crippen LogP contribution in [-0.2, 0) is 10.0 Å². The number of hydrogen-bond acceptors (Lipinski definition) is 3. The van der Waals surface area contributed by atoms with Gasteiger partial charge >= 0.3 is 0 Å². The van der Waals surface area contributed by atoms with E-state index in [2.05, 4.69) is 9.71 Å². The average molecular weight is 327 g/mol. The van der Waals surface area contributed by atoms with Gasteiger partial charge in [-0.2, -0.15) is 0 Å². The van der Waals surface area contributed by atoms with E-state index in [1.807, 2.05) is 13.8 Å². The Morgan fingerprint density at radius 2 is 2.10 bits per heavy atom. The summed E-state index contributed by atoms with van der Waals surface area (Å²) in [6.07, 6.45) is 3.16. The van der Waals surface area contributed by atoms with Gasteiger partial charge in [-0.1, -0.05) is 6.07 Å². The number of halogens is 1. The minimum Gasteiger partial charge on any atom is -0.256 e. The van der Waals surface area contributed by atoms with Gasteiger partial charge in [0.05, 0.1) is 10.4 Å². The number of aryl methyl sites for hydroxylation is 1. The van der Waals surface area contributed by atoms with Crippen LogP contribution in [0.4, 0.5) is 0 Å². The van der Waals surface area contributed by atoms with Gasteiger partial charge in [-0.05, 0) is 50.5 Å².